The molecule has 28 heavy (non-hydrogen) atoms. The maximum atomic E-state index is 12.5. The average molecular weight is 416 g/mol. The minimum absolute atomic E-state index is 0.142. The second-order valence-electron chi connectivity index (χ2n) is 5.71. The monoisotopic (exact) mass is 415 g/mol. The lowest BCUT2D eigenvalue weighted by atomic mass is 10.2. The van der Waals surface area contributed by atoms with Gasteiger partial charge in [0, 0.05) is 10.6 Å². The van der Waals surface area contributed by atoms with Crippen molar-refractivity contribution < 1.29 is 13.2 Å². The fourth-order valence-electron chi connectivity index (χ4n) is 2.33. The van der Waals surface area contributed by atoms with Crippen LogP contribution in [0.4, 0.5) is 5.69 Å². The molecule has 2 N–H and O–H groups in total. The number of nitrogens with zero attached hydrogens (tertiary/aromatic N) is 1. The van der Waals surface area contributed by atoms with E-state index in [0.29, 0.717) is 27.9 Å². The van der Waals surface area contributed by atoms with Crippen LogP contribution in [0.2, 0.25) is 5.02 Å². The molecular weight excluding hydrogens is 398 g/mol. The predicted octanol–water partition coefficient (Wildman–Crippen LogP) is 3.91. The van der Waals surface area contributed by atoms with Crippen LogP contribution in [0, 0.1) is 0 Å². The van der Waals surface area contributed by atoms with Gasteiger partial charge in [-0.2, -0.15) is 0 Å². The zero-order valence-electron chi connectivity index (χ0n) is 15.0. The quantitative estimate of drug-likeness (QED) is 0.363. The highest BCUT2D eigenvalue weighted by atomic mass is 35.5. The van der Waals surface area contributed by atoms with Crippen LogP contribution in [0.15, 0.2) is 88.8 Å². The maximum absolute atomic E-state index is 12.5. The van der Waals surface area contributed by atoms with Crippen molar-refractivity contribution in [3.05, 3.63) is 89.4 Å². The predicted molar refractivity (Wildman–Crippen MR) is 111 cm³/mol. The number of nitrogens with one attached hydrogen (secondary N) is 2. The second-order valence-corrected chi connectivity index (χ2v) is 7.83. The van der Waals surface area contributed by atoms with Gasteiger partial charge < -0.3 is 4.74 Å². The lowest BCUT2D eigenvalue weighted by Gasteiger charge is -2.13. The lowest BCUT2D eigenvalue weighted by Crippen LogP contribution is -2.41. The third kappa shape index (κ3) is 5.10. The summed E-state index contributed by atoms with van der Waals surface area (Å²) >= 11 is 5.92. The lowest BCUT2D eigenvalue weighted by molar-refractivity contribution is 0.415. The summed E-state index contributed by atoms with van der Waals surface area (Å²) in [6, 6.07) is 22.0. The van der Waals surface area contributed by atoms with Gasteiger partial charge in [0.2, 0.25) is 0 Å². The van der Waals surface area contributed by atoms with Crippen molar-refractivity contribution in [2.75, 3.05) is 7.11 Å². The number of hydrogen-bond donors (Lipinski definition) is 2. The highest BCUT2D eigenvalue weighted by Gasteiger charge is 2.14. The van der Waals surface area contributed by atoms with Crippen LogP contribution in [0.25, 0.3) is 0 Å². The number of hydrazine groups is 1. The van der Waals surface area contributed by atoms with Crippen molar-refractivity contribution >= 4 is 33.1 Å². The molecule has 0 aliphatic carbocycles. The Morgan fingerprint density at radius 2 is 1.57 bits per heavy atom. The smallest absolute Gasteiger partial charge is 0.257 e. The highest BCUT2D eigenvalue weighted by molar-refractivity contribution is 7.89. The van der Waals surface area contributed by atoms with Crippen LogP contribution in [0.1, 0.15) is 5.56 Å². The number of rotatable bonds is 6. The summed E-state index contributed by atoms with van der Waals surface area (Å²) in [6.45, 7) is 0. The van der Waals surface area contributed by atoms with Crippen LogP contribution in [0.5, 0.6) is 5.75 Å². The molecule has 0 atom stereocenters. The maximum Gasteiger partial charge on any atom is 0.257 e. The molecule has 3 aromatic carbocycles. The first-order chi connectivity index (χ1) is 13.5. The Labute approximate surface area is 168 Å². The van der Waals surface area contributed by atoms with Gasteiger partial charge in [0.15, 0.2) is 0 Å². The van der Waals surface area contributed by atoms with Crippen molar-refractivity contribution in [3.8, 4) is 5.75 Å². The largest absolute Gasteiger partial charge is 0.497 e. The standard InChI is InChI=1S/C20H18ClN3O3S/c1-27-18-13-7-15(8-14-18)20(22-17-11-9-16(21)10-12-17)23-24-28(25,26)19-5-3-2-4-6-19/h2-14,24H,1H3,(H,22,23). The van der Waals surface area contributed by atoms with Gasteiger partial charge in [-0.25, -0.2) is 13.4 Å². The molecule has 0 radical (unpaired) electrons. The molecule has 0 aliphatic heterocycles. The first-order valence-electron chi connectivity index (χ1n) is 8.29. The second kappa shape index (κ2) is 8.88. The van der Waals surface area contributed by atoms with E-state index in [0.717, 1.165) is 0 Å². The summed E-state index contributed by atoms with van der Waals surface area (Å²) in [7, 11) is -2.19. The molecule has 0 saturated heterocycles. The summed E-state index contributed by atoms with van der Waals surface area (Å²) in [5.41, 5.74) is 4.00. The number of amidine groups is 1. The zero-order chi connectivity index (χ0) is 20.0. The number of sulfonamides is 1. The minimum atomic E-state index is -3.76. The number of methoxy groups -OCH3 is 1. The average Bonchev–Trinajstić information content (AvgIpc) is 2.73. The van der Waals surface area contributed by atoms with Crippen LogP contribution in [0.3, 0.4) is 0 Å². The van der Waals surface area contributed by atoms with Crippen LogP contribution >= 0.6 is 11.6 Å². The molecule has 0 unspecified atom stereocenters. The molecule has 0 heterocycles. The van der Waals surface area contributed by atoms with Crippen LogP contribution in [-0.2, 0) is 10.0 Å². The normalized spacial score (nSPS) is 11.9. The van der Waals surface area contributed by atoms with E-state index in [1.54, 1.807) is 73.8 Å². The highest BCUT2D eigenvalue weighted by Crippen LogP contribution is 2.18. The summed E-state index contributed by atoms with van der Waals surface area (Å²) in [4.78, 5) is 7.01. The molecule has 0 fully saturated rings. The van der Waals surface area contributed by atoms with E-state index < -0.39 is 10.0 Å². The number of aliphatic imine (C=N–C) groups is 1. The van der Waals surface area contributed by atoms with Crippen LogP contribution in [-0.4, -0.2) is 21.4 Å². The number of hydrogen-bond acceptors (Lipinski definition) is 4. The van der Waals surface area contributed by atoms with Crippen LogP contribution < -0.4 is 15.0 Å². The van der Waals surface area contributed by atoms with Gasteiger partial charge in [-0.15, -0.1) is 4.83 Å². The van der Waals surface area contributed by atoms with E-state index in [2.05, 4.69) is 15.2 Å². The summed E-state index contributed by atoms with van der Waals surface area (Å²) < 4.78 is 30.2. The first kappa shape index (κ1) is 19.9. The Kier molecular flexibility index (Phi) is 6.30. The molecule has 3 rings (SSSR count). The topological polar surface area (TPSA) is 79.8 Å². The number of benzene rings is 3. The molecule has 0 bridgehead atoms. The fraction of sp³-hybridized carbons (Fsp3) is 0.0500. The number of ether oxygens (including phenoxy) is 1. The first-order valence-corrected chi connectivity index (χ1v) is 10.2. The Balaban J connectivity index is 1.90. The van der Waals surface area contributed by atoms with Crippen molar-refractivity contribution in [1.29, 1.82) is 0 Å². The zero-order valence-corrected chi connectivity index (χ0v) is 16.5. The molecule has 0 amide bonds. The van der Waals surface area contributed by atoms with Crippen molar-refractivity contribution in [3.63, 3.8) is 0 Å². The number of halogens is 1. The third-order valence-electron chi connectivity index (χ3n) is 3.79. The van der Waals surface area contributed by atoms with Gasteiger partial charge in [-0.05, 0) is 60.7 Å². The molecule has 0 saturated carbocycles. The van der Waals surface area contributed by atoms with Gasteiger partial charge in [-0.3, -0.25) is 5.43 Å². The van der Waals surface area contributed by atoms with Gasteiger partial charge >= 0.3 is 0 Å². The van der Waals surface area contributed by atoms with Gasteiger partial charge in [-0.1, -0.05) is 29.8 Å². The molecule has 0 aliphatic rings. The van der Waals surface area contributed by atoms with E-state index in [-0.39, 0.29) is 4.90 Å². The SMILES string of the molecule is COc1ccc(C(=Nc2ccc(Cl)cc2)NNS(=O)(=O)c2ccccc2)cc1. The Morgan fingerprint density at radius 1 is 0.929 bits per heavy atom. The van der Waals surface area contributed by atoms with E-state index in [9.17, 15) is 8.42 Å². The van der Waals surface area contributed by atoms with Gasteiger partial charge in [0.25, 0.3) is 10.0 Å². The molecule has 0 spiro atoms. The molecule has 6 nitrogen and oxygen atoms in total. The Hall–Kier alpha value is -2.87. The summed E-state index contributed by atoms with van der Waals surface area (Å²) in [6.07, 6.45) is 0. The van der Waals surface area contributed by atoms with Crippen molar-refractivity contribution in [1.82, 2.24) is 10.3 Å². The van der Waals surface area contributed by atoms with Gasteiger partial charge in [0.1, 0.15) is 11.6 Å². The summed E-state index contributed by atoms with van der Waals surface area (Å²) in [5.74, 6) is 1.00. The molecule has 0 aromatic heterocycles. The Bertz CT molecular complexity index is 1050. The molecular formula is C20H18ClN3O3S. The third-order valence-corrected chi connectivity index (χ3v) is 5.30. The van der Waals surface area contributed by atoms with E-state index in [1.807, 2.05) is 0 Å². The molecule has 144 valence electrons. The summed E-state index contributed by atoms with van der Waals surface area (Å²) in [5, 5.41) is 0.586. The molecule has 8 heteroatoms. The van der Waals surface area contributed by atoms with E-state index >= 15 is 0 Å². The van der Waals surface area contributed by atoms with E-state index in [4.69, 9.17) is 16.3 Å². The fourth-order valence-corrected chi connectivity index (χ4v) is 3.32. The van der Waals surface area contributed by atoms with E-state index in [1.165, 1.54) is 12.1 Å². The minimum Gasteiger partial charge on any atom is -0.497 e. The Morgan fingerprint density at radius 3 is 2.18 bits per heavy atom. The van der Waals surface area contributed by atoms with Gasteiger partial charge in [0.05, 0.1) is 17.7 Å². The van der Waals surface area contributed by atoms with Crippen molar-refractivity contribution in [2.24, 2.45) is 4.99 Å². The molecule has 3 aromatic rings. The van der Waals surface area contributed by atoms with Crippen molar-refractivity contribution in [2.45, 2.75) is 4.90 Å².